The molecule has 0 spiro atoms. The molecule has 0 aliphatic carbocycles. The van der Waals surface area contributed by atoms with Crippen molar-refractivity contribution in [1.29, 1.82) is 0 Å². The van der Waals surface area contributed by atoms with E-state index < -0.39 is 0 Å². The van der Waals surface area contributed by atoms with Gasteiger partial charge in [-0.15, -0.1) is 0 Å². The lowest BCUT2D eigenvalue weighted by molar-refractivity contribution is -0.115. The number of para-hydroxylation sites is 1. The van der Waals surface area contributed by atoms with E-state index in [0.29, 0.717) is 21.7 Å². The molecule has 0 bridgehead atoms. The average molecular weight is 317 g/mol. The molecule has 1 heterocycles. The summed E-state index contributed by atoms with van der Waals surface area (Å²) in [6, 6.07) is 5.13. The summed E-state index contributed by atoms with van der Waals surface area (Å²) in [5, 5.41) is 6.77. The maximum Gasteiger partial charge on any atom is 0.238 e. The monoisotopic (exact) mass is 316 g/mol. The molecule has 4 nitrogen and oxygen atoms in total. The molecule has 1 aliphatic rings. The number of nitrogens with one attached hydrogen (secondary N) is 2. The molecular weight excluding hydrogens is 299 g/mol. The second-order valence-corrected chi connectivity index (χ2v) is 5.65. The minimum Gasteiger partial charge on any atom is -0.381 e. The number of anilines is 1. The van der Waals surface area contributed by atoms with E-state index in [9.17, 15) is 4.79 Å². The summed E-state index contributed by atoms with van der Waals surface area (Å²) in [5.74, 6) is 0.438. The maximum absolute atomic E-state index is 11.8. The van der Waals surface area contributed by atoms with Crippen LogP contribution < -0.4 is 10.6 Å². The van der Waals surface area contributed by atoms with Gasteiger partial charge in [0.2, 0.25) is 5.91 Å². The highest BCUT2D eigenvalue weighted by molar-refractivity contribution is 6.39. The highest BCUT2D eigenvalue weighted by atomic mass is 35.5. The Morgan fingerprint density at radius 3 is 2.55 bits per heavy atom. The van der Waals surface area contributed by atoms with Gasteiger partial charge in [-0.2, -0.15) is 0 Å². The second kappa shape index (κ2) is 7.84. The Kier molecular flexibility index (Phi) is 6.10. The van der Waals surface area contributed by atoms with E-state index in [1.165, 1.54) is 0 Å². The number of amides is 1. The molecule has 20 heavy (non-hydrogen) atoms. The smallest absolute Gasteiger partial charge is 0.238 e. The van der Waals surface area contributed by atoms with Gasteiger partial charge in [0.15, 0.2) is 0 Å². The van der Waals surface area contributed by atoms with Crippen molar-refractivity contribution in [3.8, 4) is 0 Å². The minimum absolute atomic E-state index is 0.146. The molecule has 1 aliphatic heterocycles. The van der Waals surface area contributed by atoms with Crippen molar-refractivity contribution in [3.05, 3.63) is 28.2 Å². The van der Waals surface area contributed by atoms with E-state index in [-0.39, 0.29) is 12.5 Å². The van der Waals surface area contributed by atoms with Crippen LogP contribution in [0.1, 0.15) is 12.8 Å². The first-order valence-corrected chi connectivity index (χ1v) is 7.44. The SMILES string of the molecule is O=C(CNCC1CCOCC1)Nc1c(Cl)cccc1Cl. The van der Waals surface area contributed by atoms with Gasteiger partial charge in [0.25, 0.3) is 0 Å². The van der Waals surface area contributed by atoms with Crippen molar-refractivity contribution >= 4 is 34.8 Å². The van der Waals surface area contributed by atoms with Crippen LogP contribution in [0.15, 0.2) is 18.2 Å². The predicted molar refractivity (Wildman–Crippen MR) is 81.5 cm³/mol. The lowest BCUT2D eigenvalue weighted by Gasteiger charge is -2.22. The van der Waals surface area contributed by atoms with E-state index in [1.54, 1.807) is 18.2 Å². The van der Waals surface area contributed by atoms with Crippen molar-refractivity contribution in [2.45, 2.75) is 12.8 Å². The second-order valence-electron chi connectivity index (χ2n) is 4.83. The molecule has 0 unspecified atom stereocenters. The first-order valence-electron chi connectivity index (χ1n) is 6.69. The van der Waals surface area contributed by atoms with Gasteiger partial charge >= 0.3 is 0 Å². The van der Waals surface area contributed by atoms with Crippen LogP contribution in [0.4, 0.5) is 5.69 Å². The van der Waals surface area contributed by atoms with Crippen molar-refractivity contribution in [2.75, 3.05) is 31.6 Å². The van der Waals surface area contributed by atoms with Gasteiger partial charge in [0, 0.05) is 13.2 Å². The summed E-state index contributed by atoms with van der Waals surface area (Å²) in [6.07, 6.45) is 2.09. The first-order chi connectivity index (χ1) is 9.66. The zero-order valence-corrected chi connectivity index (χ0v) is 12.6. The largest absolute Gasteiger partial charge is 0.381 e. The topological polar surface area (TPSA) is 50.4 Å². The van der Waals surface area contributed by atoms with Crippen LogP contribution in [0.3, 0.4) is 0 Å². The predicted octanol–water partition coefficient (Wildman–Crippen LogP) is 2.95. The number of halogens is 2. The summed E-state index contributed by atoms with van der Waals surface area (Å²) in [7, 11) is 0. The fourth-order valence-electron chi connectivity index (χ4n) is 2.14. The molecule has 1 amide bonds. The molecule has 0 radical (unpaired) electrons. The van der Waals surface area contributed by atoms with Crippen molar-refractivity contribution in [2.24, 2.45) is 5.92 Å². The number of rotatable bonds is 5. The Morgan fingerprint density at radius 1 is 1.25 bits per heavy atom. The molecule has 2 rings (SSSR count). The number of hydrogen-bond donors (Lipinski definition) is 2. The summed E-state index contributed by atoms with van der Waals surface area (Å²) < 4.78 is 5.30. The molecular formula is C14H18Cl2N2O2. The minimum atomic E-state index is -0.146. The van der Waals surface area contributed by atoms with Crippen molar-refractivity contribution in [1.82, 2.24) is 5.32 Å². The standard InChI is InChI=1S/C14H18Cl2N2O2/c15-11-2-1-3-12(16)14(11)18-13(19)9-17-8-10-4-6-20-7-5-10/h1-3,10,17H,4-9H2,(H,18,19). The Labute approximate surface area is 128 Å². The number of benzene rings is 1. The molecule has 1 aromatic rings. The Morgan fingerprint density at radius 2 is 1.90 bits per heavy atom. The van der Waals surface area contributed by atoms with E-state index in [2.05, 4.69) is 10.6 Å². The quantitative estimate of drug-likeness (QED) is 0.878. The van der Waals surface area contributed by atoms with Crippen LogP contribution in [-0.2, 0) is 9.53 Å². The lowest BCUT2D eigenvalue weighted by atomic mass is 10.0. The number of carbonyl (C=O) groups is 1. The van der Waals surface area contributed by atoms with E-state index in [1.807, 2.05) is 0 Å². The van der Waals surface area contributed by atoms with Crippen molar-refractivity contribution in [3.63, 3.8) is 0 Å². The zero-order valence-electron chi connectivity index (χ0n) is 11.1. The van der Waals surface area contributed by atoms with Gasteiger partial charge in [-0.05, 0) is 37.4 Å². The van der Waals surface area contributed by atoms with Crippen LogP contribution in [0, 0.1) is 5.92 Å². The molecule has 2 N–H and O–H groups in total. The Balaban J connectivity index is 1.75. The summed E-state index contributed by atoms with van der Waals surface area (Å²) >= 11 is 12.0. The van der Waals surface area contributed by atoms with Gasteiger partial charge in [0.05, 0.1) is 22.3 Å². The van der Waals surface area contributed by atoms with Gasteiger partial charge < -0.3 is 15.4 Å². The third-order valence-electron chi connectivity index (χ3n) is 3.29. The van der Waals surface area contributed by atoms with Gasteiger partial charge in [-0.1, -0.05) is 29.3 Å². The maximum atomic E-state index is 11.8. The molecule has 1 saturated heterocycles. The Bertz CT molecular complexity index is 442. The Hall–Kier alpha value is -0.810. The third-order valence-corrected chi connectivity index (χ3v) is 3.92. The molecule has 110 valence electrons. The third kappa shape index (κ3) is 4.63. The number of carbonyl (C=O) groups excluding carboxylic acids is 1. The summed E-state index contributed by atoms with van der Waals surface area (Å²) in [4.78, 5) is 11.8. The zero-order chi connectivity index (χ0) is 14.4. The van der Waals surface area contributed by atoms with Crippen LogP contribution in [0.5, 0.6) is 0 Å². The normalized spacial score (nSPS) is 16.1. The van der Waals surface area contributed by atoms with Crippen LogP contribution in [0.25, 0.3) is 0 Å². The van der Waals surface area contributed by atoms with Crippen molar-refractivity contribution < 1.29 is 9.53 Å². The highest BCUT2D eigenvalue weighted by Crippen LogP contribution is 2.29. The fourth-order valence-corrected chi connectivity index (χ4v) is 2.63. The highest BCUT2D eigenvalue weighted by Gasteiger charge is 2.14. The molecule has 0 aromatic heterocycles. The molecule has 0 saturated carbocycles. The first kappa shape index (κ1) is 15.6. The number of hydrogen-bond acceptors (Lipinski definition) is 3. The van der Waals surface area contributed by atoms with Gasteiger partial charge in [0.1, 0.15) is 0 Å². The lowest BCUT2D eigenvalue weighted by Crippen LogP contribution is -2.33. The van der Waals surface area contributed by atoms with Gasteiger partial charge in [-0.25, -0.2) is 0 Å². The van der Waals surface area contributed by atoms with Crippen LogP contribution in [0.2, 0.25) is 10.0 Å². The summed E-state index contributed by atoms with van der Waals surface area (Å²) in [5.41, 5.74) is 0.466. The van der Waals surface area contributed by atoms with E-state index in [0.717, 1.165) is 32.6 Å². The number of ether oxygens (including phenoxy) is 1. The van der Waals surface area contributed by atoms with E-state index in [4.69, 9.17) is 27.9 Å². The van der Waals surface area contributed by atoms with Crippen LogP contribution in [-0.4, -0.2) is 32.2 Å². The molecule has 1 aromatic carbocycles. The van der Waals surface area contributed by atoms with E-state index >= 15 is 0 Å². The fraction of sp³-hybridized carbons (Fsp3) is 0.500. The summed E-state index contributed by atoms with van der Waals surface area (Å²) in [6.45, 7) is 2.70. The molecule has 1 fully saturated rings. The molecule has 6 heteroatoms. The average Bonchev–Trinajstić information content (AvgIpc) is 2.44. The molecule has 0 atom stereocenters. The van der Waals surface area contributed by atoms with Gasteiger partial charge in [-0.3, -0.25) is 4.79 Å². The van der Waals surface area contributed by atoms with Crippen LogP contribution >= 0.6 is 23.2 Å².